The van der Waals surface area contributed by atoms with Crippen LogP contribution in [-0.2, 0) is 19.1 Å². The van der Waals surface area contributed by atoms with E-state index in [9.17, 15) is 24.6 Å². The number of carbonyl (C=O) groups excluding carboxylic acids is 3. The van der Waals surface area contributed by atoms with Crippen LogP contribution in [0.2, 0.25) is 0 Å². The summed E-state index contributed by atoms with van der Waals surface area (Å²) in [6.07, 6.45) is 16.9. The first kappa shape index (κ1) is 32.3. The lowest BCUT2D eigenvalue weighted by molar-refractivity contribution is -0.180. The molecule has 0 aromatic heterocycles. The highest BCUT2D eigenvalue weighted by molar-refractivity contribution is 6.01. The van der Waals surface area contributed by atoms with Gasteiger partial charge in [-0.05, 0) is 109 Å². The fourth-order valence-corrected chi connectivity index (χ4v) is 8.60. The second-order valence-electron chi connectivity index (χ2n) is 14.0. The number of carbonyl (C=O) groups is 3. The lowest BCUT2D eigenvalue weighted by atomic mass is 9.46. The Morgan fingerprint density at radius 3 is 2.45 bits per heavy atom. The number of hydrogen-bond acceptors (Lipinski definition) is 6. The van der Waals surface area contributed by atoms with Crippen molar-refractivity contribution in [3.63, 3.8) is 0 Å². The smallest absolute Gasteiger partial charge is 0.331 e. The van der Waals surface area contributed by atoms with Crippen LogP contribution < -0.4 is 0 Å². The predicted octanol–water partition coefficient (Wildman–Crippen LogP) is 6.53. The summed E-state index contributed by atoms with van der Waals surface area (Å²) in [5.41, 5.74) is 1.73. The molecule has 0 aromatic carbocycles. The molecule has 0 amide bonds. The molecule has 6 nitrogen and oxygen atoms in total. The summed E-state index contributed by atoms with van der Waals surface area (Å²) < 4.78 is 5.35. The molecule has 0 aliphatic heterocycles. The van der Waals surface area contributed by atoms with Crippen LogP contribution in [0.3, 0.4) is 0 Å². The van der Waals surface area contributed by atoms with Gasteiger partial charge in [-0.3, -0.25) is 9.59 Å². The summed E-state index contributed by atoms with van der Waals surface area (Å²) >= 11 is 0. The van der Waals surface area contributed by atoms with E-state index in [1.54, 1.807) is 12.2 Å². The predicted molar refractivity (Wildman–Crippen MR) is 164 cm³/mol. The van der Waals surface area contributed by atoms with Gasteiger partial charge < -0.3 is 14.9 Å². The van der Waals surface area contributed by atoms with Crippen LogP contribution in [0.5, 0.6) is 0 Å². The molecule has 4 aliphatic carbocycles. The molecule has 1 unspecified atom stereocenters. The van der Waals surface area contributed by atoms with Crippen LogP contribution in [0, 0.1) is 28.6 Å². The highest BCUT2D eigenvalue weighted by Gasteiger charge is 2.68. The Morgan fingerprint density at radius 1 is 1.05 bits per heavy atom. The van der Waals surface area contributed by atoms with Crippen LogP contribution in [-0.4, -0.2) is 46.1 Å². The minimum Gasteiger partial charge on any atom is -0.454 e. The van der Waals surface area contributed by atoms with Crippen LogP contribution in [0.4, 0.5) is 0 Å². The van der Waals surface area contributed by atoms with Crippen molar-refractivity contribution in [2.45, 2.75) is 111 Å². The summed E-state index contributed by atoms with van der Waals surface area (Å²) in [5.74, 6) is -0.957. The summed E-state index contributed by atoms with van der Waals surface area (Å²) in [4.78, 5) is 38.1. The molecule has 0 saturated heterocycles. The van der Waals surface area contributed by atoms with Gasteiger partial charge in [0.15, 0.2) is 12.4 Å². The SMILES string of the molecule is CC(C)=CCCC(C)=CCCC(C)=CC(=O)OCC(=O)[C@@]1(O)CC[C@H]2[C@@H]3CCC4=CC(=O)C=C[C@]4(C)[C@H]3C(O)C[C@@]21C. The summed E-state index contributed by atoms with van der Waals surface area (Å²) in [5, 5.41) is 23.4. The quantitative estimate of drug-likeness (QED) is 0.174. The van der Waals surface area contributed by atoms with Crippen molar-refractivity contribution in [2.75, 3.05) is 6.61 Å². The largest absolute Gasteiger partial charge is 0.454 e. The Kier molecular flexibility index (Phi) is 9.69. The van der Waals surface area contributed by atoms with E-state index in [1.165, 1.54) is 17.2 Å². The first-order valence-electron chi connectivity index (χ1n) is 15.7. The van der Waals surface area contributed by atoms with Crippen molar-refractivity contribution >= 4 is 17.5 Å². The molecule has 3 fully saturated rings. The van der Waals surface area contributed by atoms with Gasteiger partial charge in [-0.1, -0.05) is 54.4 Å². The topological polar surface area (TPSA) is 101 Å². The van der Waals surface area contributed by atoms with Crippen molar-refractivity contribution in [1.29, 1.82) is 0 Å². The molecule has 3 saturated carbocycles. The van der Waals surface area contributed by atoms with Crippen molar-refractivity contribution in [1.82, 2.24) is 0 Å². The van der Waals surface area contributed by atoms with E-state index in [4.69, 9.17) is 4.74 Å². The molecule has 0 radical (unpaired) electrons. The standard InChI is InChI=1S/C36H50O6/c1-23(2)9-7-10-24(3)11-8-12-25(4)19-32(40)42-22-31(39)36(41)18-16-29-28-14-13-26-20-27(37)15-17-34(26,5)33(28)30(38)21-35(29,36)6/h9,11,15,17,19-20,28-30,33,38,41H,7-8,10,12-14,16,18,21-22H2,1-6H3/t28-,29-,30?,33+,34-,35-,36-/m0/s1. The molecule has 0 heterocycles. The Balaban J connectivity index is 1.36. The van der Waals surface area contributed by atoms with E-state index in [-0.39, 0.29) is 23.5 Å². The van der Waals surface area contributed by atoms with Crippen LogP contribution in [0.1, 0.15) is 99.3 Å². The Labute approximate surface area is 251 Å². The van der Waals surface area contributed by atoms with E-state index in [1.807, 2.05) is 19.9 Å². The van der Waals surface area contributed by atoms with Gasteiger partial charge >= 0.3 is 5.97 Å². The molecule has 2 N–H and O–H groups in total. The Morgan fingerprint density at radius 2 is 1.74 bits per heavy atom. The lowest BCUT2D eigenvalue weighted by Gasteiger charge is -2.59. The van der Waals surface area contributed by atoms with Gasteiger partial charge in [-0.25, -0.2) is 4.79 Å². The normalized spacial score (nSPS) is 36.0. The zero-order valence-electron chi connectivity index (χ0n) is 26.4. The van der Waals surface area contributed by atoms with Gasteiger partial charge in [-0.15, -0.1) is 0 Å². The molecule has 0 aromatic rings. The minimum atomic E-state index is -1.66. The average molecular weight is 579 g/mol. The van der Waals surface area contributed by atoms with Crippen LogP contribution in [0.25, 0.3) is 0 Å². The van der Waals surface area contributed by atoms with E-state index in [0.29, 0.717) is 19.3 Å². The van der Waals surface area contributed by atoms with Crippen molar-refractivity contribution in [3.8, 4) is 0 Å². The van der Waals surface area contributed by atoms with Crippen LogP contribution in [0.15, 0.2) is 58.7 Å². The maximum absolute atomic E-state index is 13.5. The number of allylic oxidation sites excluding steroid dienone is 9. The maximum atomic E-state index is 13.5. The maximum Gasteiger partial charge on any atom is 0.331 e. The molecule has 230 valence electrons. The number of ether oxygens (including phenoxy) is 1. The molecular formula is C36H50O6. The first-order valence-corrected chi connectivity index (χ1v) is 15.7. The van der Waals surface area contributed by atoms with Gasteiger partial charge in [0.2, 0.25) is 5.78 Å². The second-order valence-corrected chi connectivity index (χ2v) is 14.0. The second kappa shape index (κ2) is 12.6. The number of rotatable bonds is 10. The molecule has 4 rings (SSSR count). The fraction of sp³-hybridized carbons (Fsp3) is 0.639. The van der Waals surface area contributed by atoms with Gasteiger partial charge in [0.1, 0.15) is 5.60 Å². The third-order valence-corrected chi connectivity index (χ3v) is 10.9. The number of aliphatic hydroxyl groups is 2. The molecule has 7 atom stereocenters. The van der Waals surface area contributed by atoms with Gasteiger partial charge in [-0.2, -0.15) is 0 Å². The molecular weight excluding hydrogens is 528 g/mol. The number of Topliss-reactive ketones (excluding diaryl/α,β-unsaturated/α-hetero) is 1. The zero-order valence-corrected chi connectivity index (χ0v) is 26.4. The van der Waals surface area contributed by atoms with Crippen molar-refractivity contribution in [3.05, 3.63) is 58.7 Å². The number of esters is 1. The van der Waals surface area contributed by atoms with Crippen molar-refractivity contribution < 1.29 is 29.3 Å². The highest BCUT2D eigenvalue weighted by atomic mass is 16.5. The molecule has 0 bridgehead atoms. The summed E-state index contributed by atoms with van der Waals surface area (Å²) in [6, 6.07) is 0. The minimum absolute atomic E-state index is 0.00542. The summed E-state index contributed by atoms with van der Waals surface area (Å²) in [6.45, 7) is 11.8. The molecule has 42 heavy (non-hydrogen) atoms. The van der Waals surface area contributed by atoms with Gasteiger partial charge in [0.25, 0.3) is 0 Å². The van der Waals surface area contributed by atoms with E-state index >= 15 is 0 Å². The third-order valence-electron chi connectivity index (χ3n) is 10.9. The molecule has 4 aliphatic rings. The number of fused-ring (bicyclic) bond motifs is 5. The van der Waals surface area contributed by atoms with Gasteiger partial charge in [0.05, 0.1) is 6.10 Å². The fourth-order valence-electron chi connectivity index (χ4n) is 8.60. The third kappa shape index (κ3) is 6.21. The summed E-state index contributed by atoms with van der Waals surface area (Å²) in [7, 11) is 0. The van der Waals surface area contributed by atoms with Gasteiger partial charge in [0, 0.05) is 22.8 Å². The highest BCUT2D eigenvalue weighted by Crippen LogP contribution is 2.67. The molecule has 0 spiro atoms. The monoisotopic (exact) mass is 578 g/mol. The van der Waals surface area contributed by atoms with E-state index < -0.39 is 40.9 Å². The van der Waals surface area contributed by atoms with Crippen LogP contribution >= 0.6 is 0 Å². The first-order chi connectivity index (χ1) is 19.7. The average Bonchev–Trinajstić information content (AvgIpc) is 3.18. The van der Waals surface area contributed by atoms with E-state index in [2.05, 4.69) is 39.8 Å². The number of hydrogen-bond donors (Lipinski definition) is 2. The zero-order chi connectivity index (χ0) is 30.9. The Bertz CT molecular complexity index is 1250. The van der Waals surface area contributed by atoms with E-state index in [0.717, 1.165) is 49.7 Å². The lowest BCUT2D eigenvalue weighted by Crippen LogP contribution is -2.61. The van der Waals surface area contributed by atoms with Crippen molar-refractivity contribution in [2.24, 2.45) is 28.6 Å². The number of ketones is 2. The Hall–Kier alpha value is -2.57. The molecule has 6 heteroatoms. The number of aliphatic hydroxyl groups excluding tert-OH is 1.